The first kappa shape index (κ1) is 11.5. The van der Waals surface area contributed by atoms with Gasteiger partial charge in [0, 0.05) is 5.69 Å². The van der Waals surface area contributed by atoms with E-state index in [1.807, 2.05) is 0 Å². The Labute approximate surface area is 89.2 Å². The number of nitrogen functional groups attached to an aromatic ring is 1. The lowest BCUT2D eigenvalue weighted by molar-refractivity contribution is 0.591. The third-order valence-corrected chi connectivity index (χ3v) is 4.26. The summed E-state index contributed by atoms with van der Waals surface area (Å²) < 4.78 is 23.7. The second kappa shape index (κ2) is 3.91. The number of anilines is 1. The van der Waals surface area contributed by atoms with Crippen LogP contribution < -0.4 is 5.73 Å². The summed E-state index contributed by atoms with van der Waals surface area (Å²) in [5.74, 6) is 0. The van der Waals surface area contributed by atoms with Gasteiger partial charge in [-0.1, -0.05) is 6.07 Å². The van der Waals surface area contributed by atoms with Crippen LogP contribution in [0.4, 0.5) is 5.69 Å². The normalized spacial score (nSPS) is 13.1. The molecule has 1 atom stereocenters. The fourth-order valence-electron chi connectivity index (χ4n) is 1.18. The second-order valence-corrected chi connectivity index (χ2v) is 5.58. The Kier molecular flexibility index (Phi) is 3.01. The molecular weight excluding hydrogens is 212 g/mol. The molecule has 0 aromatic heterocycles. The molecule has 0 fully saturated rings. The van der Waals surface area contributed by atoms with Crippen molar-refractivity contribution >= 4 is 15.5 Å². The van der Waals surface area contributed by atoms with Crippen LogP contribution in [0.15, 0.2) is 23.1 Å². The smallest absolute Gasteiger partial charge is 0.194 e. The monoisotopic (exact) mass is 224 g/mol. The minimum Gasteiger partial charge on any atom is -0.399 e. The molecule has 5 heteroatoms. The first-order valence-electron chi connectivity index (χ1n) is 4.39. The zero-order valence-corrected chi connectivity index (χ0v) is 9.38. The van der Waals surface area contributed by atoms with E-state index in [1.54, 1.807) is 25.1 Å². The Bertz CT molecular complexity index is 515. The highest BCUT2D eigenvalue weighted by Crippen LogP contribution is 2.22. The Morgan fingerprint density at radius 2 is 2.07 bits per heavy atom. The lowest BCUT2D eigenvalue weighted by Crippen LogP contribution is -2.17. The van der Waals surface area contributed by atoms with E-state index in [0.717, 1.165) is 0 Å². The summed E-state index contributed by atoms with van der Waals surface area (Å²) in [4.78, 5) is 0.136. The van der Waals surface area contributed by atoms with Gasteiger partial charge in [0.25, 0.3) is 0 Å². The van der Waals surface area contributed by atoms with E-state index in [1.165, 1.54) is 13.0 Å². The van der Waals surface area contributed by atoms with Gasteiger partial charge in [-0.3, -0.25) is 0 Å². The number of sulfone groups is 1. The maximum atomic E-state index is 11.9. The van der Waals surface area contributed by atoms with Crippen molar-refractivity contribution in [1.82, 2.24) is 0 Å². The summed E-state index contributed by atoms with van der Waals surface area (Å²) in [6.07, 6.45) is 0. The van der Waals surface area contributed by atoms with Gasteiger partial charge in [0.1, 0.15) is 5.25 Å². The van der Waals surface area contributed by atoms with E-state index in [-0.39, 0.29) is 4.90 Å². The molecule has 15 heavy (non-hydrogen) atoms. The summed E-state index contributed by atoms with van der Waals surface area (Å²) in [6, 6.07) is 6.37. The topological polar surface area (TPSA) is 84.0 Å². The third kappa shape index (κ3) is 2.10. The fourth-order valence-corrected chi connectivity index (χ4v) is 2.52. The van der Waals surface area contributed by atoms with Gasteiger partial charge in [0.05, 0.1) is 11.0 Å². The van der Waals surface area contributed by atoms with Gasteiger partial charge in [0.2, 0.25) is 0 Å². The van der Waals surface area contributed by atoms with Crippen LogP contribution in [0.25, 0.3) is 0 Å². The van der Waals surface area contributed by atoms with Crippen LogP contribution in [-0.4, -0.2) is 13.7 Å². The lowest BCUT2D eigenvalue weighted by Gasteiger charge is -2.09. The highest BCUT2D eigenvalue weighted by Gasteiger charge is 2.24. The van der Waals surface area contributed by atoms with Gasteiger partial charge < -0.3 is 5.73 Å². The predicted octanol–water partition coefficient (Wildman–Crippen LogP) is 1.26. The van der Waals surface area contributed by atoms with Gasteiger partial charge in [-0.2, -0.15) is 5.26 Å². The van der Waals surface area contributed by atoms with Crippen molar-refractivity contribution in [2.24, 2.45) is 0 Å². The number of nitrogens with two attached hydrogens (primary N) is 1. The van der Waals surface area contributed by atoms with Gasteiger partial charge in [-0.15, -0.1) is 0 Å². The number of nitrogens with zero attached hydrogens (tertiary/aromatic N) is 1. The minimum atomic E-state index is -3.58. The average Bonchev–Trinajstić information content (AvgIpc) is 2.20. The third-order valence-electron chi connectivity index (χ3n) is 2.17. The SMILES string of the molecule is Cc1ccc(N)cc1S(=O)(=O)C(C)C#N. The van der Waals surface area contributed by atoms with Crippen LogP contribution in [0.3, 0.4) is 0 Å². The zero-order valence-electron chi connectivity index (χ0n) is 8.56. The van der Waals surface area contributed by atoms with Crippen molar-refractivity contribution in [2.75, 3.05) is 5.73 Å². The number of hydrogen-bond acceptors (Lipinski definition) is 4. The first-order valence-corrected chi connectivity index (χ1v) is 5.94. The second-order valence-electron chi connectivity index (χ2n) is 3.34. The molecule has 2 N–H and O–H groups in total. The van der Waals surface area contributed by atoms with Crippen LogP contribution in [0.1, 0.15) is 12.5 Å². The molecule has 0 radical (unpaired) electrons. The predicted molar refractivity (Wildman–Crippen MR) is 57.9 cm³/mol. The quantitative estimate of drug-likeness (QED) is 0.766. The Morgan fingerprint density at radius 3 is 2.60 bits per heavy atom. The van der Waals surface area contributed by atoms with Gasteiger partial charge >= 0.3 is 0 Å². The molecule has 0 amide bonds. The average molecular weight is 224 g/mol. The lowest BCUT2D eigenvalue weighted by atomic mass is 10.2. The molecular formula is C10H12N2O2S. The van der Waals surface area contributed by atoms with Crippen LogP contribution in [0, 0.1) is 18.3 Å². The molecule has 1 unspecified atom stereocenters. The van der Waals surface area contributed by atoms with Crippen LogP contribution in [-0.2, 0) is 9.84 Å². The van der Waals surface area contributed by atoms with Crippen LogP contribution in [0.2, 0.25) is 0 Å². The van der Waals surface area contributed by atoms with Crippen LogP contribution >= 0.6 is 0 Å². The summed E-state index contributed by atoms with van der Waals surface area (Å²) in [5, 5.41) is 7.57. The summed E-state index contributed by atoms with van der Waals surface area (Å²) in [5.41, 5.74) is 6.50. The number of nitriles is 1. The molecule has 0 aliphatic heterocycles. The summed E-state index contributed by atoms with van der Waals surface area (Å²) >= 11 is 0. The number of benzene rings is 1. The Hall–Kier alpha value is -1.54. The molecule has 80 valence electrons. The Balaban J connectivity index is 3.41. The molecule has 0 aliphatic rings. The molecule has 1 aromatic rings. The summed E-state index contributed by atoms with van der Waals surface area (Å²) in [7, 11) is -3.58. The van der Waals surface area contributed by atoms with E-state index in [2.05, 4.69) is 0 Å². The zero-order chi connectivity index (χ0) is 11.6. The maximum Gasteiger partial charge on any atom is 0.194 e. The van der Waals surface area contributed by atoms with E-state index in [4.69, 9.17) is 11.0 Å². The standard InChI is InChI=1S/C10H12N2O2S/c1-7-3-4-9(12)5-10(7)15(13,14)8(2)6-11/h3-5,8H,12H2,1-2H3. The molecule has 4 nitrogen and oxygen atoms in total. The van der Waals surface area contributed by atoms with Crippen molar-refractivity contribution in [1.29, 1.82) is 5.26 Å². The first-order chi connectivity index (χ1) is 6.89. The van der Waals surface area contributed by atoms with Crippen molar-refractivity contribution < 1.29 is 8.42 Å². The van der Waals surface area contributed by atoms with Crippen molar-refractivity contribution in [3.63, 3.8) is 0 Å². The van der Waals surface area contributed by atoms with Crippen molar-refractivity contribution in [3.05, 3.63) is 23.8 Å². The highest BCUT2D eigenvalue weighted by atomic mass is 32.2. The molecule has 1 rings (SSSR count). The van der Waals surface area contributed by atoms with Gasteiger partial charge in [-0.25, -0.2) is 8.42 Å². The largest absolute Gasteiger partial charge is 0.399 e. The van der Waals surface area contributed by atoms with E-state index >= 15 is 0 Å². The Morgan fingerprint density at radius 1 is 1.47 bits per heavy atom. The van der Waals surface area contributed by atoms with Crippen molar-refractivity contribution in [2.45, 2.75) is 24.0 Å². The number of aryl methyl sites for hydroxylation is 1. The van der Waals surface area contributed by atoms with E-state index in [0.29, 0.717) is 11.3 Å². The fraction of sp³-hybridized carbons (Fsp3) is 0.300. The molecule has 0 heterocycles. The molecule has 0 spiro atoms. The van der Waals surface area contributed by atoms with E-state index in [9.17, 15) is 8.42 Å². The minimum absolute atomic E-state index is 0.136. The summed E-state index contributed by atoms with van der Waals surface area (Å²) in [6.45, 7) is 3.04. The molecule has 0 saturated carbocycles. The molecule has 0 bridgehead atoms. The van der Waals surface area contributed by atoms with Gasteiger partial charge in [0.15, 0.2) is 9.84 Å². The number of rotatable bonds is 2. The molecule has 1 aromatic carbocycles. The van der Waals surface area contributed by atoms with Gasteiger partial charge in [-0.05, 0) is 31.5 Å². The number of hydrogen-bond donors (Lipinski definition) is 1. The van der Waals surface area contributed by atoms with Crippen LogP contribution in [0.5, 0.6) is 0 Å². The highest BCUT2D eigenvalue weighted by molar-refractivity contribution is 7.92. The maximum absolute atomic E-state index is 11.9. The molecule has 0 aliphatic carbocycles. The molecule has 0 saturated heterocycles. The van der Waals surface area contributed by atoms with E-state index < -0.39 is 15.1 Å². The van der Waals surface area contributed by atoms with Crippen molar-refractivity contribution in [3.8, 4) is 6.07 Å².